The van der Waals surface area contributed by atoms with Gasteiger partial charge in [-0.1, -0.05) is 11.9 Å². The lowest BCUT2D eigenvalue weighted by atomic mass is 10.7. The predicted octanol–water partition coefficient (Wildman–Crippen LogP) is 0.567. The Hall–Kier alpha value is -0.280. The Morgan fingerprint density at radius 2 is 2.43 bits per heavy atom. The molecule has 2 nitrogen and oxygen atoms in total. The predicted molar refractivity (Wildman–Crippen MR) is 31.9 cm³/mol. The Bertz CT molecular complexity index is 72.1. The van der Waals surface area contributed by atoms with E-state index in [2.05, 4.69) is 4.72 Å². The Labute approximate surface area is 47.1 Å². The maximum absolute atomic E-state index is 9.55. The number of carbonyl (C=O) groups is 1. The van der Waals surface area contributed by atoms with Gasteiger partial charge in [0.05, 0.1) is 0 Å². The van der Waals surface area contributed by atoms with Gasteiger partial charge < -0.3 is 0 Å². The lowest BCUT2D eigenvalue weighted by Crippen LogP contribution is -1.85. The molecule has 0 heterocycles. The van der Waals surface area contributed by atoms with E-state index in [9.17, 15) is 4.79 Å². The quantitative estimate of drug-likeness (QED) is 0.333. The van der Waals surface area contributed by atoms with E-state index in [1.807, 2.05) is 0 Å². The highest BCUT2D eigenvalue weighted by Gasteiger charge is 1.65. The molecule has 3 heteroatoms. The first-order chi connectivity index (χ1) is 3.41. The van der Waals surface area contributed by atoms with E-state index in [4.69, 9.17) is 0 Å². The van der Waals surface area contributed by atoms with Crippen molar-refractivity contribution >= 4 is 18.2 Å². The molecule has 0 aromatic carbocycles. The van der Waals surface area contributed by atoms with Gasteiger partial charge in [-0.15, -0.1) is 0 Å². The number of hydrogen-bond donors (Lipinski definition) is 1. The molecule has 0 radical (unpaired) electrons. The van der Waals surface area contributed by atoms with Gasteiger partial charge in [-0.05, 0) is 18.5 Å². The summed E-state index contributed by atoms with van der Waals surface area (Å²) in [5, 5.41) is 1.67. The third-order valence-corrected chi connectivity index (χ3v) is 0.872. The summed E-state index contributed by atoms with van der Waals surface area (Å²) in [7, 11) is 1.79. The summed E-state index contributed by atoms with van der Waals surface area (Å²) in [4.78, 5) is 9.55. The molecule has 0 aliphatic carbocycles. The second kappa shape index (κ2) is 5.72. The number of nitrogens with one attached hydrogen (secondary N) is 1. The van der Waals surface area contributed by atoms with E-state index in [-0.39, 0.29) is 0 Å². The van der Waals surface area contributed by atoms with Gasteiger partial charge in [-0.25, -0.2) is 0 Å². The van der Waals surface area contributed by atoms with Gasteiger partial charge in [-0.2, -0.15) is 0 Å². The monoisotopic (exact) mass is 117 g/mol. The Balaban J connectivity index is 2.92. The molecule has 0 bridgehead atoms. The number of aldehydes is 1. The van der Waals surface area contributed by atoms with E-state index in [1.165, 1.54) is 18.0 Å². The first-order valence-corrected chi connectivity index (χ1v) is 2.72. The Kier molecular flexibility index (Phi) is 5.49. The summed E-state index contributed by atoms with van der Waals surface area (Å²) in [5.41, 5.74) is 0. The highest BCUT2D eigenvalue weighted by molar-refractivity contribution is 8.00. The second-order valence-corrected chi connectivity index (χ2v) is 1.70. The maximum Gasteiger partial charge on any atom is 0.143 e. The molecule has 0 saturated carbocycles. The van der Waals surface area contributed by atoms with Crippen LogP contribution in [0.4, 0.5) is 0 Å². The lowest BCUT2D eigenvalue weighted by molar-refractivity contribution is -0.104. The molecule has 0 rings (SSSR count). The molecule has 0 aliphatic heterocycles. The molecule has 0 unspecified atom stereocenters. The normalized spacial score (nSPS) is 9.86. The molecule has 0 amide bonds. The first kappa shape index (κ1) is 6.72. The van der Waals surface area contributed by atoms with Crippen LogP contribution in [0.1, 0.15) is 0 Å². The summed E-state index contributed by atoms with van der Waals surface area (Å²) in [6.07, 6.45) is 2.17. The van der Waals surface area contributed by atoms with Crippen LogP contribution in [0.5, 0.6) is 0 Å². The van der Waals surface area contributed by atoms with Crippen molar-refractivity contribution < 1.29 is 4.79 Å². The van der Waals surface area contributed by atoms with Crippen LogP contribution in [0, 0.1) is 0 Å². The van der Waals surface area contributed by atoms with Crippen molar-refractivity contribution in [2.75, 3.05) is 7.05 Å². The van der Waals surface area contributed by atoms with E-state index < -0.39 is 0 Å². The SMILES string of the molecule is CNS/C=C\C=O. The van der Waals surface area contributed by atoms with Crippen LogP contribution in [0.2, 0.25) is 0 Å². The van der Waals surface area contributed by atoms with Crippen molar-refractivity contribution in [3.8, 4) is 0 Å². The number of allylic oxidation sites excluding steroid dienone is 1. The molecule has 0 aromatic heterocycles. The van der Waals surface area contributed by atoms with Crippen LogP contribution in [-0.2, 0) is 4.79 Å². The average molecular weight is 117 g/mol. The van der Waals surface area contributed by atoms with Gasteiger partial charge in [-0.3, -0.25) is 9.52 Å². The molecule has 0 spiro atoms. The smallest absolute Gasteiger partial charge is 0.143 e. The van der Waals surface area contributed by atoms with E-state index >= 15 is 0 Å². The number of hydrogen-bond acceptors (Lipinski definition) is 3. The highest BCUT2D eigenvalue weighted by atomic mass is 32.2. The van der Waals surface area contributed by atoms with Crippen molar-refractivity contribution in [1.29, 1.82) is 0 Å². The van der Waals surface area contributed by atoms with Gasteiger partial charge in [0, 0.05) is 0 Å². The standard InChI is InChI=1S/C4H7NOS/c1-5-7-4-2-3-6/h2-5H,1H3/b4-2-. The average Bonchev–Trinajstić information content (AvgIpc) is 1.69. The summed E-state index contributed by atoms with van der Waals surface area (Å²) >= 11 is 1.37. The van der Waals surface area contributed by atoms with Crippen LogP contribution in [0.15, 0.2) is 11.5 Å². The zero-order chi connectivity index (χ0) is 5.54. The fourth-order valence-electron chi connectivity index (χ4n) is 0.139. The van der Waals surface area contributed by atoms with Crippen LogP contribution < -0.4 is 4.72 Å². The van der Waals surface area contributed by atoms with E-state index in [0.717, 1.165) is 6.29 Å². The van der Waals surface area contributed by atoms with Crippen LogP contribution >= 0.6 is 11.9 Å². The molecule has 7 heavy (non-hydrogen) atoms. The van der Waals surface area contributed by atoms with Crippen LogP contribution in [-0.4, -0.2) is 13.3 Å². The third kappa shape index (κ3) is 5.72. The topological polar surface area (TPSA) is 29.1 Å². The number of carbonyl (C=O) groups excluding carboxylic acids is 1. The fraction of sp³-hybridized carbons (Fsp3) is 0.250. The maximum atomic E-state index is 9.55. The summed E-state index contributed by atoms with van der Waals surface area (Å²) in [6, 6.07) is 0. The van der Waals surface area contributed by atoms with Crippen LogP contribution in [0.25, 0.3) is 0 Å². The zero-order valence-corrected chi connectivity index (χ0v) is 4.87. The molecule has 1 N–H and O–H groups in total. The summed E-state index contributed by atoms with van der Waals surface area (Å²) < 4.78 is 2.77. The minimum absolute atomic E-state index is 0.740. The van der Waals surface area contributed by atoms with Gasteiger partial charge in [0.1, 0.15) is 6.29 Å². The fourth-order valence-corrected chi connectivity index (χ4v) is 0.418. The summed E-state index contributed by atoms with van der Waals surface area (Å²) in [5.74, 6) is 0. The molecule has 0 fully saturated rings. The molecule has 0 atom stereocenters. The highest BCUT2D eigenvalue weighted by Crippen LogP contribution is 1.89. The number of rotatable bonds is 3. The first-order valence-electron chi connectivity index (χ1n) is 1.84. The molecule has 40 valence electrons. The Morgan fingerprint density at radius 3 is 2.86 bits per heavy atom. The minimum atomic E-state index is 0.740. The van der Waals surface area contributed by atoms with Gasteiger partial charge in [0.15, 0.2) is 0 Å². The van der Waals surface area contributed by atoms with Crippen molar-refractivity contribution in [2.24, 2.45) is 0 Å². The molecular formula is C4H7NOS. The van der Waals surface area contributed by atoms with Crippen molar-refractivity contribution in [3.05, 3.63) is 11.5 Å². The lowest BCUT2D eigenvalue weighted by Gasteiger charge is -1.80. The van der Waals surface area contributed by atoms with E-state index in [1.54, 1.807) is 12.5 Å². The van der Waals surface area contributed by atoms with Crippen molar-refractivity contribution in [3.63, 3.8) is 0 Å². The molecule has 0 saturated heterocycles. The third-order valence-electron chi connectivity index (χ3n) is 0.343. The van der Waals surface area contributed by atoms with Crippen molar-refractivity contribution in [2.45, 2.75) is 0 Å². The van der Waals surface area contributed by atoms with Crippen LogP contribution in [0.3, 0.4) is 0 Å². The van der Waals surface area contributed by atoms with E-state index in [0.29, 0.717) is 0 Å². The van der Waals surface area contributed by atoms with Gasteiger partial charge in [0.25, 0.3) is 0 Å². The van der Waals surface area contributed by atoms with Gasteiger partial charge in [0.2, 0.25) is 0 Å². The van der Waals surface area contributed by atoms with Crippen molar-refractivity contribution in [1.82, 2.24) is 4.72 Å². The molecule has 0 aromatic rings. The minimum Gasteiger partial charge on any atom is -0.299 e. The molecular weight excluding hydrogens is 110 g/mol. The zero-order valence-electron chi connectivity index (χ0n) is 4.05. The van der Waals surface area contributed by atoms with Gasteiger partial charge >= 0.3 is 0 Å². The summed E-state index contributed by atoms with van der Waals surface area (Å²) in [6.45, 7) is 0. The molecule has 0 aliphatic rings. The Morgan fingerprint density at radius 1 is 1.71 bits per heavy atom. The largest absolute Gasteiger partial charge is 0.299 e. The second-order valence-electron chi connectivity index (χ2n) is 0.787.